The molecular formula is C18H27ClN2O2. The van der Waals surface area contributed by atoms with Crippen molar-refractivity contribution < 1.29 is 9.53 Å². The number of halogens is 1. The number of hydrogen-bond donors (Lipinski definition) is 1. The predicted molar refractivity (Wildman–Crippen MR) is 94.1 cm³/mol. The fourth-order valence-electron chi connectivity index (χ4n) is 3.97. The Labute approximate surface area is 145 Å². The number of amides is 1. The van der Waals surface area contributed by atoms with E-state index in [0.717, 1.165) is 38.9 Å². The maximum atomic E-state index is 13.1. The Morgan fingerprint density at radius 3 is 2.52 bits per heavy atom. The van der Waals surface area contributed by atoms with Gasteiger partial charge in [-0.15, -0.1) is 12.4 Å². The fourth-order valence-corrected chi connectivity index (χ4v) is 3.97. The van der Waals surface area contributed by atoms with Crippen molar-refractivity contribution in [3.63, 3.8) is 0 Å². The van der Waals surface area contributed by atoms with E-state index < -0.39 is 5.60 Å². The third-order valence-electron chi connectivity index (χ3n) is 5.44. The van der Waals surface area contributed by atoms with Crippen LogP contribution in [-0.4, -0.2) is 49.2 Å². The second kappa shape index (κ2) is 7.65. The van der Waals surface area contributed by atoms with Gasteiger partial charge >= 0.3 is 0 Å². The number of likely N-dealkylation sites (tertiary alicyclic amines) is 1. The van der Waals surface area contributed by atoms with Crippen molar-refractivity contribution in [3.8, 4) is 0 Å². The number of carbonyl (C=O) groups is 1. The van der Waals surface area contributed by atoms with Gasteiger partial charge in [-0.25, -0.2) is 0 Å². The van der Waals surface area contributed by atoms with Crippen LogP contribution in [0.3, 0.4) is 0 Å². The quantitative estimate of drug-likeness (QED) is 0.921. The topological polar surface area (TPSA) is 41.6 Å². The number of nitrogens with one attached hydrogen (secondary N) is 1. The minimum Gasteiger partial charge on any atom is -0.368 e. The number of ether oxygens (including phenoxy) is 1. The van der Waals surface area contributed by atoms with Gasteiger partial charge in [0.15, 0.2) is 0 Å². The van der Waals surface area contributed by atoms with Gasteiger partial charge in [-0.3, -0.25) is 4.79 Å². The first-order valence-corrected chi connectivity index (χ1v) is 8.30. The Balaban J connectivity index is 0.00000192. The van der Waals surface area contributed by atoms with Gasteiger partial charge in [0.05, 0.1) is 0 Å². The molecule has 2 aliphatic heterocycles. The highest BCUT2D eigenvalue weighted by Gasteiger charge is 2.46. The normalized spacial score (nSPS) is 26.6. The molecule has 1 N–H and O–H groups in total. The molecule has 2 aliphatic rings. The summed E-state index contributed by atoms with van der Waals surface area (Å²) in [6.07, 6.45) is 2.57. The van der Waals surface area contributed by atoms with Crippen molar-refractivity contribution in [2.24, 2.45) is 0 Å². The smallest absolute Gasteiger partial charge is 0.255 e. The number of nitrogens with zero attached hydrogens (tertiary/aromatic N) is 1. The number of methoxy groups -OCH3 is 1. The average molecular weight is 339 g/mol. The van der Waals surface area contributed by atoms with Crippen molar-refractivity contribution in [2.75, 3.05) is 26.7 Å². The highest BCUT2D eigenvalue weighted by atomic mass is 35.5. The van der Waals surface area contributed by atoms with Crippen molar-refractivity contribution in [1.29, 1.82) is 0 Å². The molecule has 0 bridgehead atoms. The summed E-state index contributed by atoms with van der Waals surface area (Å²) >= 11 is 0. The van der Waals surface area contributed by atoms with E-state index in [-0.39, 0.29) is 24.4 Å². The molecule has 128 valence electrons. The molecule has 1 amide bonds. The molecular weight excluding hydrogens is 312 g/mol. The number of benzene rings is 1. The van der Waals surface area contributed by atoms with Gasteiger partial charge in [0.2, 0.25) is 0 Å². The Morgan fingerprint density at radius 2 is 1.91 bits per heavy atom. The Kier molecular flexibility index (Phi) is 6.06. The third-order valence-corrected chi connectivity index (χ3v) is 5.44. The zero-order chi connectivity index (χ0) is 15.6. The molecule has 0 radical (unpaired) electrons. The summed E-state index contributed by atoms with van der Waals surface area (Å²) in [7, 11) is 1.68. The van der Waals surface area contributed by atoms with E-state index in [9.17, 15) is 4.79 Å². The second-order valence-corrected chi connectivity index (χ2v) is 6.49. The summed E-state index contributed by atoms with van der Waals surface area (Å²) in [6, 6.07) is 10.8. The summed E-state index contributed by atoms with van der Waals surface area (Å²) in [5.74, 6) is 0.614. The van der Waals surface area contributed by atoms with Crippen LogP contribution in [0.2, 0.25) is 0 Å². The first kappa shape index (κ1) is 18.2. The van der Waals surface area contributed by atoms with Gasteiger partial charge in [-0.1, -0.05) is 30.3 Å². The lowest BCUT2D eigenvalue weighted by atomic mass is 9.89. The van der Waals surface area contributed by atoms with E-state index in [1.807, 2.05) is 11.0 Å². The van der Waals surface area contributed by atoms with Crippen LogP contribution in [0.4, 0.5) is 0 Å². The van der Waals surface area contributed by atoms with E-state index in [1.54, 1.807) is 7.11 Å². The van der Waals surface area contributed by atoms with E-state index in [1.165, 1.54) is 5.56 Å². The first-order valence-electron chi connectivity index (χ1n) is 8.30. The summed E-state index contributed by atoms with van der Waals surface area (Å²) in [5, 5.41) is 3.31. The number of piperidine rings is 1. The van der Waals surface area contributed by atoms with Crippen molar-refractivity contribution in [3.05, 3.63) is 35.9 Å². The summed E-state index contributed by atoms with van der Waals surface area (Å²) in [4.78, 5) is 15.2. The van der Waals surface area contributed by atoms with Crippen LogP contribution >= 0.6 is 12.4 Å². The van der Waals surface area contributed by atoms with Crippen LogP contribution in [0.25, 0.3) is 0 Å². The lowest BCUT2D eigenvalue weighted by Gasteiger charge is -2.39. The first-order chi connectivity index (χ1) is 10.7. The molecule has 4 nitrogen and oxygen atoms in total. The zero-order valence-corrected chi connectivity index (χ0v) is 14.8. The minimum absolute atomic E-state index is 0. The molecule has 1 aromatic carbocycles. The predicted octanol–water partition coefficient (Wildman–Crippen LogP) is 2.58. The van der Waals surface area contributed by atoms with Crippen LogP contribution in [0.5, 0.6) is 0 Å². The standard InChI is InChI=1S/C18H26N2O2.ClH/c1-14-16(15-6-4-3-5-7-15)8-13-20(14)17(21)18(22-2)9-11-19-12-10-18;/h3-7,14,16,19H,8-13H2,1-2H3;1H. The van der Waals surface area contributed by atoms with Gasteiger partial charge in [-0.2, -0.15) is 0 Å². The summed E-state index contributed by atoms with van der Waals surface area (Å²) < 4.78 is 5.71. The molecule has 0 aromatic heterocycles. The van der Waals surface area contributed by atoms with Gasteiger partial charge < -0.3 is 15.0 Å². The van der Waals surface area contributed by atoms with Crippen LogP contribution in [-0.2, 0) is 9.53 Å². The van der Waals surface area contributed by atoms with Crippen LogP contribution < -0.4 is 5.32 Å². The largest absolute Gasteiger partial charge is 0.368 e. The van der Waals surface area contributed by atoms with E-state index in [4.69, 9.17) is 4.74 Å². The van der Waals surface area contributed by atoms with Gasteiger partial charge in [0.25, 0.3) is 5.91 Å². The van der Waals surface area contributed by atoms with Crippen LogP contribution in [0.1, 0.15) is 37.7 Å². The lowest BCUT2D eigenvalue weighted by Crippen LogP contribution is -2.56. The molecule has 2 heterocycles. The van der Waals surface area contributed by atoms with Gasteiger partial charge in [-0.05, 0) is 44.8 Å². The summed E-state index contributed by atoms with van der Waals surface area (Å²) in [5.41, 5.74) is 0.715. The van der Waals surface area contributed by atoms with Crippen LogP contribution in [0, 0.1) is 0 Å². The minimum atomic E-state index is -0.620. The molecule has 3 rings (SSSR count). The molecule has 0 aliphatic carbocycles. The summed E-state index contributed by atoms with van der Waals surface area (Å²) in [6.45, 7) is 4.71. The van der Waals surface area contributed by atoms with Gasteiger partial charge in [0.1, 0.15) is 5.60 Å². The van der Waals surface area contributed by atoms with E-state index >= 15 is 0 Å². The van der Waals surface area contributed by atoms with Crippen LogP contribution in [0.15, 0.2) is 30.3 Å². The molecule has 5 heteroatoms. The number of carbonyl (C=O) groups excluding carboxylic acids is 1. The maximum absolute atomic E-state index is 13.1. The zero-order valence-electron chi connectivity index (χ0n) is 14.0. The number of hydrogen-bond acceptors (Lipinski definition) is 3. The van der Waals surface area contributed by atoms with Gasteiger partial charge in [0, 0.05) is 25.6 Å². The maximum Gasteiger partial charge on any atom is 0.255 e. The molecule has 2 saturated heterocycles. The molecule has 1 aromatic rings. The highest BCUT2D eigenvalue weighted by Crippen LogP contribution is 2.36. The number of rotatable bonds is 3. The average Bonchev–Trinajstić information content (AvgIpc) is 2.97. The lowest BCUT2D eigenvalue weighted by molar-refractivity contribution is -0.159. The molecule has 0 saturated carbocycles. The Bertz CT molecular complexity index is 517. The van der Waals surface area contributed by atoms with E-state index in [0.29, 0.717) is 5.92 Å². The second-order valence-electron chi connectivity index (χ2n) is 6.49. The highest BCUT2D eigenvalue weighted by molar-refractivity contribution is 5.86. The Morgan fingerprint density at radius 1 is 1.26 bits per heavy atom. The SMILES string of the molecule is COC1(C(=O)N2CCC(c3ccccc3)C2C)CCNCC1.Cl. The van der Waals surface area contributed by atoms with Crippen molar-refractivity contribution >= 4 is 18.3 Å². The van der Waals surface area contributed by atoms with E-state index in [2.05, 4.69) is 36.5 Å². The third kappa shape index (κ3) is 3.39. The molecule has 2 fully saturated rings. The molecule has 23 heavy (non-hydrogen) atoms. The molecule has 2 unspecified atom stereocenters. The van der Waals surface area contributed by atoms with Crippen molar-refractivity contribution in [2.45, 2.75) is 43.7 Å². The van der Waals surface area contributed by atoms with Crippen molar-refractivity contribution in [1.82, 2.24) is 10.2 Å². The monoisotopic (exact) mass is 338 g/mol. The Hall–Kier alpha value is -1.10. The molecule has 0 spiro atoms. The fraction of sp³-hybridized carbons (Fsp3) is 0.611. The molecule has 2 atom stereocenters.